The van der Waals surface area contributed by atoms with Crippen LogP contribution in [-0.2, 0) is 5.41 Å². The minimum atomic E-state index is -0.0990. The summed E-state index contributed by atoms with van der Waals surface area (Å²) in [5.74, 6) is 2.56. The molecule has 0 amide bonds. The van der Waals surface area contributed by atoms with Crippen molar-refractivity contribution in [3.63, 3.8) is 0 Å². The second-order valence-corrected chi connectivity index (χ2v) is 18.7. The molecule has 3 aliphatic rings. The number of benzene rings is 8. The summed E-state index contributed by atoms with van der Waals surface area (Å²) in [6, 6.07) is 64.2. The molecule has 0 N–H and O–H groups in total. The molecule has 1 aromatic heterocycles. The zero-order valence-corrected chi connectivity index (χ0v) is 33.9. The molecule has 0 aliphatic heterocycles. The molecule has 1 nitrogen and oxygen atoms in total. The first-order valence-electron chi connectivity index (χ1n) is 21.2. The Labute approximate surface area is 345 Å². The van der Waals surface area contributed by atoms with Crippen molar-refractivity contribution in [1.82, 2.24) is 0 Å². The summed E-state index contributed by atoms with van der Waals surface area (Å²) in [4.78, 5) is 2.54. The number of nitrogens with zero attached hydrogens (tertiary/aromatic N) is 1. The summed E-state index contributed by atoms with van der Waals surface area (Å²) in [6.45, 7) is 4.76. The van der Waals surface area contributed by atoms with Crippen LogP contribution in [0.2, 0.25) is 0 Å². The van der Waals surface area contributed by atoms with E-state index in [4.69, 9.17) is 0 Å². The molecule has 3 aliphatic carbocycles. The first-order valence-corrected chi connectivity index (χ1v) is 22.0. The minimum Gasteiger partial charge on any atom is -0.310 e. The lowest BCUT2D eigenvalue weighted by atomic mass is 9.82. The Bertz CT molecular complexity index is 3070. The molecule has 3 atom stereocenters. The summed E-state index contributed by atoms with van der Waals surface area (Å²) in [7, 11) is 0. The van der Waals surface area contributed by atoms with Crippen LogP contribution >= 0.6 is 11.3 Å². The summed E-state index contributed by atoms with van der Waals surface area (Å²) >= 11 is 1.94. The minimum absolute atomic E-state index is 0.0990. The molecule has 0 spiro atoms. The average molecular weight is 764 g/mol. The van der Waals surface area contributed by atoms with E-state index >= 15 is 0 Å². The quantitative estimate of drug-likeness (QED) is 0.163. The molecule has 2 bridgehead atoms. The summed E-state index contributed by atoms with van der Waals surface area (Å²) in [6.07, 6.45) is 5.67. The summed E-state index contributed by atoms with van der Waals surface area (Å²) in [5.41, 5.74) is 15.4. The highest BCUT2D eigenvalue weighted by molar-refractivity contribution is 7.25. The SMILES string of the molecule is CC1(C)c2ccccc2-c2c(N(c3cccc(-c4cccc5cccc(-c6ccccc6)c45)c3)c3ccc4c(c3)sc3ccc(C5CC6CCC5C6)cc34)cccc21. The summed E-state index contributed by atoms with van der Waals surface area (Å²) in [5, 5.41) is 5.32. The van der Waals surface area contributed by atoms with Crippen molar-refractivity contribution in [3.05, 3.63) is 187 Å². The Balaban J connectivity index is 1.05. The van der Waals surface area contributed by atoms with Gasteiger partial charge in [-0.3, -0.25) is 0 Å². The van der Waals surface area contributed by atoms with E-state index in [1.807, 2.05) is 11.3 Å². The van der Waals surface area contributed by atoms with Crippen molar-refractivity contribution >= 4 is 59.3 Å². The first kappa shape index (κ1) is 34.1. The van der Waals surface area contributed by atoms with Gasteiger partial charge >= 0.3 is 0 Å². The van der Waals surface area contributed by atoms with Gasteiger partial charge in [0.1, 0.15) is 0 Å². The van der Waals surface area contributed by atoms with E-state index in [1.54, 1.807) is 5.56 Å². The monoisotopic (exact) mass is 763 g/mol. The lowest BCUT2D eigenvalue weighted by Gasteiger charge is -2.29. The second-order valence-electron chi connectivity index (χ2n) is 17.7. The predicted octanol–water partition coefficient (Wildman–Crippen LogP) is 16.2. The second kappa shape index (κ2) is 13.0. The van der Waals surface area contributed by atoms with E-state index in [0.717, 1.165) is 23.4 Å². The Morgan fingerprint density at radius 2 is 1.26 bits per heavy atom. The van der Waals surface area contributed by atoms with Crippen LogP contribution in [0, 0.1) is 11.8 Å². The lowest BCUT2D eigenvalue weighted by Crippen LogP contribution is -2.16. The molecule has 3 unspecified atom stereocenters. The number of fused-ring (bicyclic) bond motifs is 9. The normalized spacial score (nSPS) is 18.9. The third kappa shape index (κ3) is 5.21. The molecule has 2 heteroatoms. The number of anilines is 3. The Morgan fingerprint density at radius 3 is 2.09 bits per heavy atom. The van der Waals surface area contributed by atoms with E-state index in [9.17, 15) is 0 Å². The highest BCUT2D eigenvalue weighted by Gasteiger charge is 2.40. The van der Waals surface area contributed by atoms with Gasteiger partial charge in [0, 0.05) is 42.5 Å². The van der Waals surface area contributed by atoms with Gasteiger partial charge in [0.05, 0.1) is 5.69 Å². The standard InChI is InChI=1S/C56H45NS/c1-56(2)49-21-7-6-18-46(49)55-50(56)22-11-23-51(55)57(42-27-28-45-48-33-40(26-29-52(48)58-53(45)34-42)47-31-35-24-25-39(47)30-35)41-17-8-16-38(32-41)44-20-10-15-37-14-9-19-43(54(37)44)36-12-4-3-5-13-36/h3-23,26-29,32-35,39,47H,24-25,30-31H2,1-2H3. The molecule has 2 fully saturated rings. The van der Waals surface area contributed by atoms with Crippen LogP contribution < -0.4 is 4.90 Å². The maximum Gasteiger partial charge on any atom is 0.0543 e. The van der Waals surface area contributed by atoms with Crippen LogP contribution in [0.3, 0.4) is 0 Å². The van der Waals surface area contributed by atoms with Gasteiger partial charge in [-0.15, -0.1) is 11.3 Å². The number of hydrogen-bond donors (Lipinski definition) is 0. The highest BCUT2D eigenvalue weighted by atomic mass is 32.1. The fourth-order valence-electron chi connectivity index (χ4n) is 11.4. The first-order chi connectivity index (χ1) is 28.5. The maximum absolute atomic E-state index is 2.55. The fourth-order valence-corrected chi connectivity index (χ4v) is 12.5. The topological polar surface area (TPSA) is 3.24 Å². The molecular weight excluding hydrogens is 719 g/mol. The predicted molar refractivity (Wildman–Crippen MR) is 248 cm³/mol. The summed E-state index contributed by atoms with van der Waals surface area (Å²) < 4.78 is 2.72. The molecule has 12 rings (SSSR count). The van der Waals surface area contributed by atoms with Crippen molar-refractivity contribution in [2.45, 2.75) is 50.9 Å². The van der Waals surface area contributed by atoms with Gasteiger partial charge in [0.15, 0.2) is 0 Å². The van der Waals surface area contributed by atoms with Crippen LogP contribution in [0.4, 0.5) is 17.1 Å². The third-order valence-corrected chi connectivity index (χ3v) is 15.3. The molecule has 0 radical (unpaired) electrons. The van der Waals surface area contributed by atoms with Crippen LogP contribution in [0.5, 0.6) is 0 Å². The van der Waals surface area contributed by atoms with Crippen molar-refractivity contribution in [3.8, 4) is 33.4 Å². The molecular formula is C56H45NS. The van der Waals surface area contributed by atoms with Gasteiger partial charge in [0.25, 0.3) is 0 Å². The molecule has 58 heavy (non-hydrogen) atoms. The van der Waals surface area contributed by atoms with Crippen LogP contribution in [-0.4, -0.2) is 0 Å². The lowest BCUT2D eigenvalue weighted by molar-refractivity contribution is 0.420. The number of thiophene rings is 1. The molecule has 1 heterocycles. The highest BCUT2D eigenvalue weighted by Crippen LogP contribution is 2.56. The Morgan fingerprint density at radius 1 is 0.534 bits per heavy atom. The zero-order valence-electron chi connectivity index (χ0n) is 33.1. The number of hydrogen-bond acceptors (Lipinski definition) is 2. The van der Waals surface area contributed by atoms with Crippen LogP contribution in [0.1, 0.15) is 62.1 Å². The van der Waals surface area contributed by atoms with Crippen molar-refractivity contribution < 1.29 is 0 Å². The average Bonchev–Trinajstić information content (AvgIpc) is 4.05. The third-order valence-electron chi connectivity index (χ3n) is 14.1. The Kier molecular flexibility index (Phi) is 7.66. The van der Waals surface area contributed by atoms with Crippen molar-refractivity contribution in [2.75, 3.05) is 4.90 Å². The van der Waals surface area contributed by atoms with E-state index in [-0.39, 0.29) is 5.41 Å². The smallest absolute Gasteiger partial charge is 0.0543 e. The Hall–Kier alpha value is -5.96. The van der Waals surface area contributed by atoms with Gasteiger partial charge in [-0.2, -0.15) is 0 Å². The van der Waals surface area contributed by atoms with Crippen LogP contribution in [0.25, 0.3) is 64.3 Å². The van der Waals surface area contributed by atoms with E-state index < -0.39 is 0 Å². The zero-order chi connectivity index (χ0) is 38.5. The molecule has 0 saturated heterocycles. The van der Waals surface area contributed by atoms with Gasteiger partial charge in [-0.25, -0.2) is 0 Å². The molecule has 9 aromatic rings. The molecule has 2 saturated carbocycles. The van der Waals surface area contributed by atoms with E-state index in [2.05, 4.69) is 189 Å². The van der Waals surface area contributed by atoms with Gasteiger partial charge in [0.2, 0.25) is 0 Å². The fraction of sp³-hybridized carbons (Fsp3) is 0.179. The molecule has 280 valence electrons. The largest absolute Gasteiger partial charge is 0.310 e. The van der Waals surface area contributed by atoms with Crippen molar-refractivity contribution in [2.24, 2.45) is 11.8 Å². The van der Waals surface area contributed by atoms with Crippen molar-refractivity contribution in [1.29, 1.82) is 0 Å². The van der Waals surface area contributed by atoms with Gasteiger partial charge in [-0.1, -0.05) is 148 Å². The molecule has 8 aromatic carbocycles. The van der Waals surface area contributed by atoms with E-state index in [0.29, 0.717) is 0 Å². The van der Waals surface area contributed by atoms with Crippen LogP contribution in [0.15, 0.2) is 170 Å². The maximum atomic E-state index is 2.55. The van der Waals surface area contributed by atoms with Gasteiger partial charge < -0.3 is 4.90 Å². The number of rotatable bonds is 6. The van der Waals surface area contributed by atoms with Gasteiger partial charge in [-0.05, 0) is 135 Å². The van der Waals surface area contributed by atoms with E-state index in [1.165, 1.54) is 113 Å².